The van der Waals surface area contributed by atoms with Crippen molar-refractivity contribution in [3.8, 4) is 0 Å². The highest BCUT2D eigenvalue weighted by molar-refractivity contribution is 6.04. The Morgan fingerprint density at radius 1 is 1.17 bits per heavy atom. The van der Waals surface area contributed by atoms with Crippen LogP contribution in [0, 0.1) is 13.8 Å². The quantitative estimate of drug-likeness (QED) is 0.578. The molecule has 8 nitrogen and oxygen atoms in total. The zero-order chi connectivity index (χ0) is 22.2. The summed E-state index contributed by atoms with van der Waals surface area (Å²) in [6.45, 7) is 6.30. The first kappa shape index (κ1) is 21.3. The number of H-pyrrole nitrogens is 1. The third-order valence-electron chi connectivity index (χ3n) is 5.00. The number of nitrogens with zero attached hydrogens (tertiary/aromatic N) is 1. The van der Waals surface area contributed by atoms with E-state index in [-0.39, 0.29) is 35.5 Å². The maximum Gasteiger partial charge on any atom is 0.355 e. The van der Waals surface area contributed by atoms with E-state index in [0.717, 1.165) is 11.3 Å². The van der Waals surface area contributed by atoms with Crippen molar-refractivity contribution in [2.75, 3.05) is 18.6 Å². The topological polar surface area (TPSA) is 106 Å². The van der Waals surface area contributed by atoms with Crippen LogP contribution in [0.5, 0.6) is 0 Å². The number of aromatic amines is 1. The van der Waals surface area contributed by atoms with Gasteiger partial charge in [-0.15, -0.1) is 0 Å². The minimum atomic E-state index is -0.733. The molecule has 1 aromatic carbocycles. The lowest BCUT2D eigenvalue weighted by atomic mass is 10.1. The Morgan fingerprint density at radius 2 is 1.87 bits per heavy atom. The number of aryl methyl sites for hydroxylation is 1. The number of hydrogen-bond acceptors (Lipinski definition) is 6. The van der Waals surface area contributed by atoms with Gasteiger partial charge >= 0.3 is 11.9 Å². The zero-order valence-electron chi connectivity index (χ0n) is 17.6. The number of rotatable bonds is 6. The maximum atomic E-state index is 12.5. The number of amides is 1. The summed E-state index contributed by atoms with van der Waals surface area (Å²) in [5.74, 6) is -1.67. The van der Waals surface area contributed by atoms with Gasteiger partial charge < -0.3 is 19.4 Å². The second-order valence-corrected chi connectivity index (χ2v) is 7.55. The molecule has 1 aromatic heterocycles. The molecule has 0 saturated heterocycles. The summed E-state index contributed by atoms with van der Waals surface area (Å²) in [6, 6.07) is 4.96. The molecule has 8 heteroatoms. The molecule has 0 radical (unpaired) electrons. The lowest BCUT2D eigenvalue weighted by Crippen LogP contribution is -2.20. The Bertz CT molecular complexity index is 1050. The molecule has 0 fully saturated rings. The Balaban J connectivity index is 1.69. The molecule has 2 aromatic rings. The van der Waals surface area contributed by atoms with Crippen LogP contribution in [0.3, 0.4) is 0 Å². The van der Waals surface area contributed by atoms with Crippen LogP contribution in [0.15, 0.2) is 18.2 Å². The van der Waals surface area contributed by atoms with Gasteiger partial charge in [0.2, 0.25) is 5.91 Å². The first-order valence-electron chi connectivity index (χ1n) is 9.60. The number of carbonyl (C=O) groups excluding carboxylic acids is 4. The highest BCUT2D eigenvalue weighted by atomic mass is 16.5. The minimum Gasteiger partial charge on any atom is -0.459 e. The highest BCUT2D eigenvalue weighted by Gasteiger charge is 2.26. The van der Waals surface area contributed by atoms with E-state index in [1.807, 2.05) is 0 Å². The van der Waals surface area contributed by atoms with E-state index in [4.69, 9.17) is 9.47 Å². The largest absolute Gasteiger partial charge is 0.459 e. The molecule has 0 aliphatic carbocycles. The second-order valence-electron chi connectivity index (χ2n) is 7.55. The summed E-state index contributed by atoms with van der Waals surface area (Å²) in [5, 5.41) is 0. The standard InChI is InChI=1S/C22H24N2O6/c1-11(2)30-21(27)19-12(3)20(23-13(19)4)22(28)29-10-17(25)14-6-7-16-15(8-14)9-18(26)24(16)5/h6-8,11,23H,9-10H2,1-5H3. The van der Waals surface area contributed by atoms with Gasteiger partial charge in [0, 0.05) is 24.0 Å². The van der Waals surface area contributed by atoms with E-state index in [1.165, 1.54) is 0 Å². The van der Waals surface area contributed by atoms with Gasteiger partial charge in [0.1, 0.15) is 5.69 Å². The van der Waals surface area contributed by atoms with Gasteiger partial charge in [-0.05, 0) is 57.0 Å². The van der Waals surface area contributed by atoms with Crippen LogP contribution in [0.4, 0.5) is 5.69 Å². The van der Waals surface area contributed by atoms with E-state index in [9.17, 15) is 19.2 Å². The molecule has 1 N–H and O–H groups in total. The summed E-state index contributed by atoms with van der Waals surface area (Å²) in [6.07, 6.45) is -0.0511. The molecule has 158 valence electrons. The first-order chi connectivity index (χ1) is 14.1. The molecule has 2 heterocycles. The van der Waals surface area contributed by atoms with Crippen LogP contribution < -0.4 is 4.90 Å². The zero-order valence-corrected chi connectivity index (χ0v) is 17.6. The highest BCUT2D eigenvalue weighted by Crippen LogP contribution is 2.28. The van der Waals surface area contributed by atoms with E-state index in [2.05, 4.69) is 4.98 Å². The van der Waals surface area contributed by atoms with Gasteiger partial charge in [0.05, 0.1) is 18.1 Å². The number of ketones is 1. The van der Waals surface area contributed by atoms with Crippen molar-refractivity contribution in [3.05, 3.63) is 51.8 Å². The Hall–Kier alpha value is -3.42. The van der Waals surface area contributed by atoms with Crippen LogP contribution in [0.1, 0.15) is 61.9 Å². The van der Waals surface area contributed by atoms with Crippen molar-refractivity contribution in [1.82, 2.24) is 4.98 Å². The number of Topliss-reactive ketones (excluding diaryl/α,β-unsaturated/α-hetero) is 1. The van der Waals surface area contributed by atoms with Crippen LogP contribution in [-0.4, -0.2) is 48.4 Å². The lowest BCUT2D eigenvalue weighted by molar-refractivity contribution is -0.117. The third kappa shape index (κ3) is 3.98. The average Bonchev–Trinajstić information content (AvgIpc) is 3.13. The number of ether oxygens (including phenoxy) is 2. The Morgan fingerprint density at radius 3 is 2.53 bits per heavy atom. The summed E-state index contributed by atoms with van der Waals surface area (Å²) >= 11 is 0. The van der Waals surface area contributed by atoms with Crippen LogP contribution in [-0.2, 0) is 20.7 Å². The van der Waals surface area contributed by atoms with E-state index < -0.39 is 18.5 Å². The first-order valence-corrected chi connectivity index (χ1v) is 9.60. The number of benzene rings is 1. The summed E-state index contributed by atoms with van der Waals surface area (Å²) in [5.41, 5.74) is 3.20. The number of anilines is 1. The molecular weight excluding hydrogens is 388 g/mol. The molecule has 30 heavy (non-hydrogen) atoms. The minimum absolute atomic E-state index is 0.0367. The molecule has 0 spiro atoms. The number of nitrogens with one attached hydrogen (secondary N) is 1. The number of carbonyl (C=O) groups is 4. The van der Waals surface area contributed by atoms with Gasteiger partial charge in [-0.25, -0.2) is 9.59 Å². The van der Waals surface area contributed by atoms with Crippen LogP contribution >= 0.6 is 0 Å². The maximum absolute atomic E-state index is 12.5. The fourth-order valence-corrected chi connectivity index (χ4v) is 3.46. The number of esters is 2. The predicted molar refractivity (Wildman–Crippen MR) is 109 cm³/mol. The van der Waals surface area contributed by atoms with Crippen molar-refractivity contribution >= 4 is 29.3 Å². The summed E-state index contributed by atoms with van der Waals surface area (Å²) in [7, 11) is 1.68. The van der Waals surface area contributed by atoms with Gasteiger partial charge in [-0.3, -0.25) is 9.59 Å². The normalized spacial score (nSPS) is 12.9. The van der Waals surface area contributed by atoms with E-state index in [0.29, 0.717) is 16.8 Å². The third-order valence-corrected chi connectivity index (χ3v) is 5.00. The van der Waals surface area contributed by atoms with Crippen LogP contribution in [0.25, 0.3) is 0 Å². The number of hydrogen-bond donors (Lipinski definition) is 1. The number of fused-ring (bicyclic) bond motifs is 1. The fraction of sp³-hybridized carbons (Fsp3) is 0.364. The molecule has 0 atom stereocenters. The van der Waals surface area contributed by atoms with Gasteiger partial charge in [0.15, 0.2) is 12.4 Å². The van der Waals surface area contributed by atoms with Gasteiger partial charge in [-0.2, -0.15) is 0 Å². The van der Waals surface area contributed by atoms with Crippen molar-refractivity contribution in [2.24, 2.45) is 0 Å². The van der Waals surface area contributed by atoms with Gasteiger partial charge in [0.25, 0.3) is 0 Å². The van der Waals surface area contributed by atoms with Gasteiger partial charge in [-0.1, -0.05) is 0 Å². The fourth-order valence-electron chi connectivity index (χ4n) is 3.46. The van der Waals surface area contributed by atoms with E-state index >= 15 is 0 Å². The van der Waals surface area contributed by atoms with Crippen LogP contribution in [0.2, 0.25) is 0 Å². The Kier molecular flexibility index (Phi) is 5.78. The van der Waals surface area contributed by atoms with Crippen molar-refractivity contribution in [3.63, 3.8) is 0 Å². The lowest BCUT2D eigenvalue weighted by Gasteiger charge is -2.10. The summed E-state index contributed by atoms with van der Waals surface area (Å²) < 4.78 is 10.4. The van der Waals surface area contributed by atoms with Crippen molar-refractivity contribution < 1.29 is 28.7 Å². The average molecular weight is 412 g/mol. The SMILES string of the molecule is Cc1[nH]c(C(=O)OCC(=O)c2ccc3c(c2)CC(=O)N3C)c(C)c1C(=O)OC(C)C. The molecule has 0 unspecified atom stereocenters. The van der Waals surface area contributed by atoms with E-state index in [1.54, 1.807) is 57.8 Å². The second kappa shape index (κ2) is 8.14. The molecule has 0 saturated carbocycles. The number of aromatic nitrogens is 1. The number of likely N-dealkylation sites (N-methyl/N-ethyl adjacent to an activating group) is 1. The predicted octanol–water partition coefficient (Wildman–Crippen LogP) is 2.76. The molecule has 1 amide bonds. The Labute approximate surface area is 174 Å². The van der Waals surface area contributed by atoms with Crippen molar-refractivity contribution in [2.45, 2.75) is 40.2 Å². The molecular formula is C22H24N2O6. The summed E-state index contributed by atoms with van der Waals surface area (Å²) in [4.78, 5) is 53.4. The molecule has 1 aliphatic heterocycles. The van der Waals surface area contributed by atoms with Crippen molar-refractivity contribution in [1.29, 1.82) is 0 Å². The smallest absolute Gasteiger partial charge is 0.355 e. The molecule has 3 rings (SSSR count). The molecule has 1 aliphatic rings. The molecule has 0 bridgehead atoms. The monoisotopic (exact) mass is 412 g/mol.